The van der Waals surface area contributed by atoms with E-state index < -0.39 is 11.9 Å². The summed E-state index contributed by atoms with van der Waals surface area (Å²) in [5, 5.41) is 19.1. The fourth-order valence-electron chi connectivity index (χ4n) is 0.947. The Kier molecular flexibility index (Phi) is 2.27. The summed E-state index contributed by atoms with van der Waals surface area (Å²) in [5.41, 5.74) is -0.587. The zero-order chi connectivity index (χ0) is 10.0. The molecule has 1 aromatic rings. The van der Waals surface area contributed by atoms with Crippen LogP contribution in [0.1, 0.15) is 20.7 Å². The lowest BCUT2D eigenvalue weighted by Crippen LogP contribution is -2.33. The number of hydrogen-bond donors (Lipinski definition) is 1. The first-order valence-corrected chi connectivity index (χ1v) is 3.46. The molecular weight excluding hydrogens is 174 g/mol. The molecular formula is C8H7NO4. The van der Waals surface area contributed by atoms with E-state index in [9.17, 15) is 14.7 Å². The van der Waals surface area contributed by atoms with Gasteiger partial charge in [-0.3, -0.25) is 0 Å². The van der Waals surface area contributed by atoms with Crippen molar-refractivity contribution in [2.24, 2.45) is 7.05 Å². The molecule has 0 saturated heterocycles. The molecule has 5 heteroatoms. The van der Waals surface area contributed by atoms with E-state index in [1.165, 1.54) is 23.0 Å². The van der Waals surface area contributed by atoms with Crippen LogP contribution in [0, 0.1) is 0 Å². The molecule has 0 radical (unpaired) electrons. The molecule has 0 aliphatic heterocycles. The molecule has 0 aromatic carbocycles. The summed E-state index contributed by atoms with van der Waals surface area (Å²) in [5.74, 6) is -2.77. The zero-order valence-corrected chi connectivity index (χ0v) is 6.85. The van der Waals surface area contributed by atoms with Crippen LogP contribution in [0.3, 0.4) is 0 Å². The number of nitrogens with zero attached hydrogens (tertiary/aromatic N) is 1. The maximum atomic E-state index is 10.5. The number of pyridine rings is 1. The largest absolute Gasteiger partial charge is 0.545 e. The first-order valence-electron chi connectivity index (χ1n) is 3.46. The first-order chi connectivity index (χ1) is 6.02. The molecule has 0 amide bonds. The minimum atomic E-state index is -1.49. The molecule has 0 fully saturated rings. The van der Waals surface area contributed by atoms with Crippen LogP contribution >= 0.6 is 0 Å². The average Bonchev–Trinajstić information content (AvgIpc) is 2.03. The smallest absolute Gasteiger partial charge is 0.336 e. The Balaban J connectivity index is 3.35. The number of aromatic carboxylic acids is 2. The van der Waals surface area contributed by atoms with Gasteiger partial charge in [-0.25, -0.2) is 9.36 Å². The van der Waals surface area contributed by atoms with Crippen LogP contribution in [0.25, 0.3) is 0 Å². The summed E-state index contributed by atoms with van der Waals surface area (Å²) >= 11 is 0. The Bertz CT molecular complexity index is 372. The van der Waals surface area contributed by atoms with E-state index in [0.717, 1.165) is 0 Å². The van der Waals surface area contributed by atoms with Gasteiger partial charge in [0.25, 0.3) is 0 Å². The van der Waals surface area contributed by atoms with E-state index in [4.69, 9.17) is 5.11 Å². The third kappa shape index (κ3) is 1.81. The number of aryl methyl sites for hydroxylation is 1. The molecule has 68 valence electrons. The van der Waals surface area contributed by atoms with Crippen molar-refractivity contribution >= 4 is 11.9 Å². The monoisotopic (exact) mass is 181 g/mol. The standard InChI is InChI=1S/C8H7NO4/c1-9-3-2-5(7(10)11)6(4-9)8(12)13/h2-4H,1H3,(H-,10,11,12,13). The van der Waals surface area contributed by atoms with Crippen LogP contribution in [0.4, 0.5) is 0 Å². The predicted molar refractivity (Wildman–Crippen MR) is 38.9 cm³/mol. The van der Waals surface area contributed by atoms with Crippen LogP contribution < -0.4 is 9.67 Å². The Labute approximate surface area is 73.9 Å². The number of aromatic nitrogens is 1. The number of carbonyl (C=O) groups is 2. The highest BCUT2D eigenvalue weighted by Crippen LogP contribution is 2.03. The van der Waals surface area contributed by atoms with E-state index in [0.29, 0.717) is 0 Å². The van der Waals surface area contributed by atoms with Crippen molar-refractivity contribution in [1.29, 1.82) is 0 Å². The summed E-state index contributed by atoms with van der Waals surface area (Å²) in [6, 6.07) is 1.22. The first kappa shape index (κ1) is 9.18. The summed E-state index contributed by atoms with van der Waals surface area (Å²) in [6.07, 6.45) is 2.65. The third-order valence-electron chi connectivity index (χ3n) is 1.55. The molecule has 1 aromatic heterocycles. The maximum absolute atomic E-state index is 10.5. The van der Waals surface area contributed by atoms with Gasteiger partial charge >= 0.3 is 5.97 Å². The van der Waals surface area contributed by atoms with Crippen molar-refractivity contribution in [1.82, 2.24) is 0 Å². The fraction of sp³-hybridized carbons (Fsp3) is 0.125. The van der Waals surface area contributed by atoms with Crippen molar-refractivity contribution in [3.05, 3.63) is 29.6 Å². The molecule has 5 nitrogen and oxygen atoms in total. The highest BCUT2D eigenvalue weighted by atomic mass is 16.4. The van der Waals surface area contributed by atoms with Crippen LogP contribution in [0.5, 0.6) is 0 Å². The number of hydrogen-bond acceptors (Lipinski definition) is 3. The van der Waals surface area contributed by atoms with Crippen molar-refractivity contribution in [2.45, 2.75) is 0 Å². The van der Waals surface area contributed by atoms with Crippen LogP contribution in [0.15, 0.2) is 18.5 Å². The second kappa shape index (κ2) is 3.22. The van der Waals surface area contributed by atoms with Gasteiger partial charge in [-0.2, -0.15) is 0 Å². The molecule has 0 bridgehead atoms. The second-order valence-electron chi connectivity index (χ2n) is 2.53. The van der Waals surface area contributed by atoms with E-state index in [1.807, 2.05) is 0 Å². The lowest BCUT2D eigenvalue weighted by Gasteiger charge is -2.03. The molecule has 13 heavy (non-hydrogen) atoms. The molecule has 0 unspecified atom stereocenters. The van der Waals surface area contributed by atoms with Gasteiger partial charge in [0.05, 0.1) is 17.1 Å². The van der Waals surface area contributed by atoms with Gasteiger partial charge in [0, 0.05) is 6.07 Å². The summed E-state index contributed by atoms with van der Waals surface area (Å²) in [7, 11) is 1.60. The van der Waals surface area contributed by atoms with Gasteiger partial charge in [0.1, 0.15) is 7.05 Å². The SMILES string of the molecule is C[n+]1ccc(C(=O)O)c(C(=O)[O-])c1. The predicted octanol–water partition coefficient (Wildman–Crippen LogP) is -1.43. The van der Waals surface area contributed by atoms with Crippen LogP contribution in [0.2, 0.25) is 0 Å². The molecule has 0 aliphatic rings. The Morgan fingerprint density at radius 1 is 1.46 bits per heavy atom. The highest BCUT2D eigenvalue weighted by Gasteiger charge is 2.13. The van der Waals surface area contributed by atoms with E-state index in [-0.39, 0.29) is 11.1 Å². The summed E-state index contributed by atoms with van der Waals surface area (Å²) in [6.45, 7) is 0. The van der Waals surface area contributed by atoms with E-state index in [2.05, 4.69) is 0 Å². The summed E-state index contributed by atoms with van der Waals surface area (Å²) in [4.78, 5) is 21.0. The van der Waals surface area contributed by atoms with Crippen molar-refractivity contribution in [3.63, 3.8) is 0 Å². The lowest BCUT2D eigenvalue weighted by atomic mass is 10.1. The number of carbonyl (C=O) groups excluding carboxylic acids is 1. The van der Waals surface area contributed by atoms with Crippen LogP contribution in [-0.2, 0) is 7.05 Å². The van der Waals surface area contributed by atoms with Gasteiger partial charge in [-0.1, -0.05) is 0 Å². The van der Waals surface area contributed by atoms with Crippen molar-refractivity contribution in [2.75, 3.05) is 0 Å². The molecule has 1 heterocycles. The van der Waals surface area contributed by atoms with E-state index in [1.54, 1.807) is 7.05 Å². The van der Waals surface area contributed by atoms with Crippen molar-refractivity contribution in [3.8, 4) is 0 Å². The average molecular weight is 181 g/mol. The minimum absolute atomic E-state index is 0.266. The maximum Gasteiger partial charge on any atom is 0.336 e. The summed E-state index contributed by atoms with van der Waals surface area (Å²) < 4.78 is 1.44. The Morgan fingerprint density at radius 2 is 2.08 bits per heavy atom. The molecule has 1 rings (SSSR count). The van der Waals surface area contributed by atoms with Gasteiger partial charge in [0.2, 0.25) is 0 Å². The quantitative estimate of drug-likeness (QED) is 0.567. The van der Waals surface area contributed by atoms with E-state index >= 15 is 0 Å². The number of rotatable bonds is 2. The van der Waals surface area contributed by atoms with Gasteiger partial charge in [-0.15, -0.1) is 0 Å². The normalized spacial score (nSPS) is 9.62. The van der Waals surface area contributed by atoms with Gasteiger partial charge < -0.3 is 15.0 Å². The zero-order valence-electron chi connectivity index (χ0n) is 6.85. The molecule has 0 spiro atoms. The van der Waals surface area contributed by atoms with Crippen LogP contribution in [-0.4, -0.2) is 17.0 Å². The number of carboxylic acid groups (broad SMARTS) is 2. The lowest BCUT2D eigenvalue weighted by molar-refractivity contribution is -0.671. The highest BCUT2D eigenvalue weighted by molar-refractivity contribution is 6.00. The molecule has 1 N–H and O–H groups in total. The molecule has 0 atom stereocenters. The Morgan fingerprint density at radius 3 is 2.54 bits per heavy atom. The van der Waals surface area contributed by atoms with Crippen molar-refractivity contribution < 1.29 is 24.4 Å². The Hall–Kier alpha value is -1.91. The molecule has 0 aliphatic carbocycles. The second-order valence-corrected chi connectivity index (χ2v) is 2.53. The molecule has 0 saturated carbocycles. The van der Waals surface area contributed by atoms with Gasteiger partial charge in [0.15, 0.2) is 12.4 Å². The third-order valence-corrected chi connectivity index (χ3v) is 1.55. The van der Waals surface area contributed by atoms with Gasteiger partial charge in [-0.05, 0) is 0 Å². The number of carboxylic acids is 2. The fourth-order valence-corrected chi connectivity index (χ4v) is 0.947. The minimum Gasteiger partial charge on any atom is -0.545 e. The topological polar surface area (TPSA) is 81.3 Å².